The topological polar surface area (TPSA) is 58.4 Å². The molecule has 3 atom stereocenters. The standard InChI is InChI=1S/C17H33N3O/c1-4-17(2,3)14-6-5-13(12-18)15(11-14)20-9-7-16(21)19-8-10-20/h13-15H,4-12,18H2,1-3H3,(H,19,21). The molecular weight excluding hydrogens is 262 g/mol. The Morgan fingerprint density at radius 2 is 2.10 bits per heavy atom. The Hall–Kier alpha value is -0.610. The van der Waals surface area contributed by atoms with Gasteiger partial charge in [0.05, 0.1) is 0 Å². The maximum Gasteiger partial charge on any atom is 0.221 e. The van der Waals surface area contributed by atoms with Crippen LogP contribution in [0.25, 0.3) is 0 Å². The Kier molecular flexibility index (Phi) is 5.67. The third-order valence-electron chi connectivity index (χ3n) is 6.09. The third kappa shape index (κ3) is 3.98. The van der Waals surface area contributed by atoms with Crippen molar-refractivity contribution in [2.45, 2.75) is 58.9 Å². The number of amides is 1. The largest absolute Gasteiger partial charge is 0.355 e. The molecule has 1 aliphatic heterocycles. The maximum atomic E-state index is 11.6. The lowest BCUT2D eigenvalue weighted by Gasteiger charge is -2.46. The molecule has 2 aliphatic rings. The summed E-state index contributed by atoms with van der Waals surface area (Å²) >= 11 is 0. The number of rotatable bonds is 4. The molecule has 1 amide bonds. The van der Waals surface area contributed by atoms with E-state index in [0.29, 0.717) is 23.8 Å². The molecule has 3 N–H and O–H groups in total. The van der Waals surface area contributed by atoms with Gasteiger partial charge in [-0.3, -0.25) is 9.69 Å². The van der Waals surface area contributed by atoms with E-state index in [4.69, 9.17) is 5.73 Å². The van der Waals surface area contributed by atoms with Gasteiger partial charge in [-0.25, -0.2) is 0 Å². The number of nitrogens with two attached hydrogens (primary N) is 1. The second kappa shape index (κ2) is 7.10. The van der Waals surface area contributed by atoms with Gasteiger partial charge in [-0.15, -0.1) is 0 Å². The van der Waals surface area contributed by atoms with E-state index in [1.807, 2.05) is 0 Å². The van der Waals surface area contributed by atoms with Crippen molar-refractivity contribution in [2.75, 3.05) is 26.2 Å². The molecule has 0 radical (unpaired) electrons. The second-order valence-corrected chi connectivity index (χ2v) is 7.55. The fourth-order valence-corrected chi connectivity index (χ4v) is 4.05. The molecule has 1 saturated heterocycles. The molecule has 2 fully saturated rings. The Balaban J connectivity index is 2.07. The first kappa shape index (κ1) is 16.8. The zero-order valence-corrected chi connectivity index (χ0v) is 14.0. The average molecular weight is 295 g/mol. The third-order valence-corrected chi connectivity index (χ3v) is 6.09. The lowest BCUT2D eigenvalue weighted by Crippen LogP contribution is -2.49. The van der Waals surface area contributed by atoms with Crippen molar-refractivity contribution in [1.82, 2.24) is 10.2 Å². The minimum Gasteiger partial charge on any atom is -0.355 e. The van der Waals surface area contributed by atoms with Crippen molar-refractivity contribution in [3.05, 3.63) is 0 Å². The second-order valence-electron chi connectivity index (χ2n) is 7.55. The van der Waals surface area contributed by atoms with Gasteiger partial charge in [0.1, 0.15) is 0 Å². The normalized spacial score (nSPS) is 32.6. The van der Waals surface area contributed by atoms with Crippen molar-refractivity contribution in [3.8, 4) is 0 Å². The molecule has 0 spiro atoms. The summed E-state index contributed by atoms with van der Waals surface area (Å²) < 4.78 is 0. The van der Waals surface area contributed by atoms with E-state index >= 15 is 0 Å². The van der Waals surface area contributed by atoms with E-state index in [1.54, 1.807) is 0 Å². The molecule has 122 valence electrons. The fourth-order valence-electron chi connectivity index (χ4n) is 4.05. The summed E-state index contributed by atoms with van der Waals surface area (Å²) in [7, 11) is 0. The van der Waals surface area contributed by atoms with Crippen molar-refractivity contribution in [1.29, 1.82) is 0 Å². The lowest BCUT2D eigenvalue weighted by molar-refractivity contribution is -0.120. The number of hydrogen-bond donors (Lipinski definition) is 2. The van der Waals surface area contributed by atoms with Crippen LogP contribution in [-0.2, 0) is 4.79 Å². The van der Waals surface area contributed by atoms with Gasteiger partial charge in [-0.05, 0) is 43.1 Å². The lowest BCUT2D eigenvalue weighted by atomic mass is 9.65. The SMILES string of the molecule is CCC(C)(C)C1CCC(CN)C(N2CCNC(=O)CC2)C1. The highest BCUT2D eigenvalue weighted by Gasteiger charge is 2.39. The summed E-state index contributed by atoms with van der Waals surface area (Å²) in [6.45, 7) is 10.6. The highest BCUT2D eigenvalue weighted by atomic mass is 16.1. The van der Waals surface area contributed by atoms with Crippen LogP contribution in [0.1, 0.15) is 52.9 Å². The molecule has 3 unspecified atom stereocenters. The van der Waals surface area contributed by atoms with Gasteiger partial charge in [0.15, 0.2) is 0 Å². The summed E-state index contributed by atoms with van der Waals surface area (Å²) in [5.74, 6) is 1.58. The minimum atomic E-state index is 0.197. The summed E-state index contributed by atoms with van der Waals surface area (Å²) in [6, 6.07) is 0.562. The van der Waals surface area contributed by atoms with E-state index in [2.05, 4.69) is 31.0 Å². The summed E-state index contributed by atoms with van der Waals surface area (Å²) in [4.78, 5) is 14.1. The van der Waals surface area contributed by atoms with Crippen LogP contribution < -0.4 is 11.1 Å². The molecular formula is C17H33N3O. The molecule has 0 aromatic carbocycles. The first-order valence-corrected chi connectivity index (χ1v) is 8.68. The predicted molar refractivity (Wildman–Crippen MR) is 86.9 cm³/mol. The summed E-state index contributed by atoms with van der Waals surface area (Å²) in [5, 5.41) is 2.99. The number of nitrogens with zero attached hydrogens (tertiary/aromatic N) is 1. The van der Waals surface area contributed by atoms with Gasteiger partial charge in [0.2, 0.25) is 5.91 Å². The molecule has 0 aromatic heterocycles. The maximum absolute atomic E-state index is 11.6. The zero-order valence-electron chi connectivity index (χ0n) is 14.0. The van der Waals surface area contributed by atoms with E-state index in [9.17, 15) is 4.79 Å². The quantitative estimate of drug-likeness (QED) is 0.834. The highest BCUT2D eigenvalue weighted by molar-refractivity contribution is 5.76. The number of nitrogens with one attached hydrogen (secondary N) is 1. The van der Waals surface area contributed by atoms with E-state index in [0.717, 1.165) is 32.1 Å². The van der Waals surface area contributed by atoms with Gasteiger partial charge < -0.3 is 11.1 Å². The number of hydrogen-bond acceptors (Lipinski definition) is 3. The van der Waals surface area contributed by atoms with E-state index in [-0.39, 0.29) is 5.91 Å². The Morgan fingerprint density at radius 3 is 2.76 bits per heavy atom. The van der Waals surface area contributed by atoms with Gasteiger partial charge in [-0.1, -0.05) is 27.2 Å². The molecule has 4 nitrogen and oxygen atoms in total. The Bertz CT molecular complexity index is 356. The van der Waals surface area contributed by atoms with Crippen molar-refractivity contribution in [3.63, 3.8) is 0 Å². The van der Waals surface area contributed by atoms with Crippen LogP contribution in [0.5, 0.6) is 0 Å². The van der Waals surface area contributed by atoms with E-state index < -0.39 is 0 Å². The molecule has 2 rings (SSSR count). The highest BCUT2D eigenvalue weighted by Crippen LogP contribution is 2.43. The molecule has 1 aliphatic carbocycles. The van der Waals surface area contributed by atoms with Gasteiger partial charge in [0.25, 0.3) is 0 Å². The van der Waals surface area contributed by atoms with Crippen molar-refractivity contribution < 1.29 is 4.79 Å². The number of carbonyl (C=O) groups excluding carboxylic acids is 1. The number of carbonyl (C=O) groups is 1. The van der Waals surface area contributed by atoms with Crippen LogP contribution in [0.3, 0.4) is 0 Å². The van der Waals surface area contributed by atoms with Crippen LogP contribution in [0, 0.1) is 17.3 Å². The van der Waals surface area contributed by atoms with Crippen molar-refractivity contribution >= 4 is 5.91 Å². The minimum absolute atomic E-state index is 0.197. The van der Waals surface area contributed by atoms with Crippen LogP contribution in [0.15, 0.2) is 0 Å². The molecule has 21 heavy (non-hydrogen) atoms. The zero-order chi connectivity index (χ0) is 15.5. The predicted octanol–water partition coefficient (Wildman–Crippen LogP) is 1.99. The van der Waals surface area contributed by atoms with Crippen LogP contribution in [-0.4, -0.2) is 43.0 Å². The Morgan fingerprint density at radius 1 is 1.33 bits per heavy atom. The first-order valence-electron chi connectivity index (χ1n) is 8.68. The summed E-state index contributed by atoms with van der Waals surface area (Å²) in [6.07, 6.45) is 5.67. The molecule has 4 heteroatoms. The molecule has 0 aromatic rings. The Labute approximate surface area is 129 Å². The first-order chi connectivity index (χ1) is 9.97. The molecule has 1 heterocycles. The molecule has 1 saturated carbocycles. The monoisotopic (exact) mass is 295 g/mol. The smallest absolute Gasteiger partial charge is 0.221 e. The van der Waals surface area contributed by atoms with Crippen LogP contribution in [0.2, 0.25) is 0 Å². The summed E-state index contributed by atoms with van der Waals surface area (Å²) in [5.41, 5.74) is 6.46. The fraction of sp³-hybridized carbons (Fsp3) is 0.941. The van der Waals surface area contributed by atoms with Gasteiger partial charge >= 0.3 is 0 Å². The van der Waals surface area contributed by atoms with E-state index in [1.165, 1.54) is 25.7 Å². The average Bonchev–Trinajstić information content (AvgIpc) is 2.71. The van der Waals surface area contributed by atoms with Crippen LogP contribution >= 0.6 is 0 Å². The van der Waals surface area contributed by atoms with Gasteiger partial charge in [-0.2, -0.15) is 0 Å². The van der Waals surface area contributed by atoms with Gasteiger partial charge in [0, 0.05) is 32.1 Å². The van der Waals surface area contributed by atoms with Crippen LogP contribution in [0.4, 0.5) is 0 Å². The molecule has 0 bridgehead atoms. The van der Waals surface area contributed by atoms with Crippen molar-refractivity contribution in [2.24, 2.45) is 23.0 Å².